The monoisotopic (exact) mass is 149 g/mol. The van der Waals surface area contributed by atoms with Crippen LogP contribution in [0.3, 0.4) is 0 Å². The highest BCUT2D eigenvalue weighted by Gasteiger charge is 2.04. The molecule has 0 heterocycles. The molecule has 0 aromatic rings. The van der Waals surface area contributed by atoms with E-state index in [4.69, 9.17) is 5.11 Å². The van der Waals surface area contributed by atoms with E-state index in [-0.39, 0.29) is 12.8 Å². The number of hydrogen-bond acceptors (Lipinski definition) is 2. The van der Waals surface area contributed by atoms with Crippen molar-refractivity contribution in [2.24, 2.45) is 0 Å². The van der Waals surface area contributed by atoms with Crippen molar-refractivity contribution in [2.75, 3.05) is 26.3 Å². The first-order chi connectivity index (χ1) is 4.70. The van der Waals surface area contributed by atoms with E-state index in [1.165, 1.54) is 0 Å². The minimum atomic E-state index is -0.355. The number of aliphatic hydroxyl groups excluding tert-OH is 1. The molecule has 0 saturated heterocycles. The average molecular weight is 149 g/mol. The van der Waals surface area contributed by atoms with Crippen molar-refractivity contribution in [3.8, 4) is 0 Å². The molecule has 0 bridgehead atoms. The number of hydrogen-bond donors (Lipinski definition) is 1. The summed E-state index contributed by atoms with van der Waals surface area (Å²) in [6, 6.07) is 0. The van der Waals surface area contributed by atoms with Crippen LogP contribution in [0.15, 0.2) is 0 Å². The van der Waals surface area contributed by atoms with Gasteiger partial charge in [0.15, 0.2) is 0 Å². The van der Waals surface area contributed by atoms with Gasteiger partial charge in [-0.2, -0.15) is 0 Å². The van der Waals surface area contributed by atoms with E-state index in [0.717, 1.165) is 6.54 Å². The fourth-order valence-electron chi connectivity index (χ4n) is 0.872. The third-order valence-corrected chi connectivity index (χ3v) is 1.37. The number of alkyl halides is 1. The van der Waals surface area contributed by atoms with E-state index in [1.807, 2.05) is 11.8 Å². The summed E-state index contributed by atoms with van der Waals surface area (Å²) >= 11 is 0. The number of halogens is 1. The Bertz CT molecular complexity index is 78.0. The van der Waals surface area contributed by atoms with Gasteiger partial charge in [-0.1, -0.05) is 6.92 Å². The predicted molar refractivity (Wildman–Crippen MR) is 39.8 cm³/mol. The maximum atomic E-state index is 11.8. The van der Waals surface area contributed by atoms with Crippen molar-refractivity contribution >= 4 is 0 Å². The fourth-order valence-corrected chi connectivity index (χ4v) is 0.872. The van der Waals surface area contributed by atoms with Crippen molar-refractivity contribution < 1.29 is 9.50 Å². The van der Waals surface area contributed by atoms with E-state index < -0.39 is 0 Å². The Morgan fingerprint density at radius 2 is 2.20 bits per heavy atom. The van der Waals surface area contributed by atoms with Crippen molar-refractivity contribution in [1.82, 2.24) is 4.90 Å². The first kappa shape index (κ1) is 9.85. The van der Waals surface area contributed by atoms with Crippen LogP contribution >= 0.6 is 0 Å². The molecule has 1 N–H and O–H groups in total. The zero-order valence-corrected chi connectivity index (χ0v) is 6.68. The maximum absolute atomic E-state index is 11.8. The van der Waals surface area contributed by atoms with Gasteiger partial charge in [-0.3, -0.25) is 4.90 Å². The average Bonchev–Trinajstić information content (AvgIpc) is 1.86. The topological polar surface area (TPSA) is 23.5 Å². The van der Waals surface area contributed by atoms with Gasteiger partial charge in [-0.05, 0) is 13.5 Å². The number of rotatable bonds is 5. The van der Waals surface area contributed by atoms with Gasteiger partial charge in [0, 0.05) is 13.1 Å². The van der Waals surface area contributed by atoms with Crippen molar-refractivity contribution in [3.63, 3.8) is 0 Å². The van der Waals surface area contributed by atoms with Gasteiger partial charge in [0.2, 0.25) is 0 Å². The lowest BCUT2D eigenvalue weighted by atomic mass is 10.3. The van der Waals surface area contributed by atoms with Crippen LogP contribution < -0.4 is 0 Å². The van der Waals surface area contributed by atoms with Crippen molar-refractivity contribution in [1.29, 1.82) is 0 Å². The smallest absolute Gasteiger partial charge is 0.102 e. The Hall–Kier alpha value is -0.150. The fraction of sp³-hybridized carbons (Fsp3) is 1.00. The zero-order chi connectivity index (χ0) is 7.98. The Balaban J connectivity index is 3.39. The predicted octanol–water partition coefficient (Wildman–Crippen LogP) is 0.659. The summed E-state index contributed by atoms with van der Waals surface area (Å²) in [7, 11) is 0. The molecule has 0 aromatic heterocycles. The summed E-state index contributed by atoms with van der Waals surface area (Å²) in [5.41, 5.74) is 0. The largest absolute Gasteiger partial charge is 0.392 e. The second kappa shape index (κ2) is 5.62. The SMILES string of the molecule is CCN(CCF)CC(C)O. The lowest BCUT2D eigenvalue weighted by Gasteiger charge is -2.19. The minimum Gasteiger partial charge on any atom is -0.392 e. The Labute approximate surface area is 61.6 Å². The standard InChI is InChI=1S/C7H16FNO/c1-3-9(5-4-8)6-7(2)10/h7,10H,3-6H2,1-2H3. The van der Waals surface area contributed by atoms with Gasteiger partial charge < -0.3 is 5.11 Å². The van der Waals surface area contributed by atoms with Crippen LogP contribution in [0.4, 0.5) is 4.39 Å². The van der Waals surface area contributed by atoms with Crippen LogP contribution in [0, 0.1) is 0 Å². The van der Waals surface area contributed by atoms with Crippen LogP contribution in [-0.2, 0) is 0 Å². The van der Waals surface area contributed by atoms with Gasteiger partial charge in [0.05, 0.1) is 6.10 Å². The summed E-state index contributed by atoms with van der Waals surface area (Å²) < 4.78 is 11.8. The number of aliphatic hydroxyl groups is 1. The van der Waals surface area contributed by atoms with Crippen LogP contribution in [0.2, 0.25) is 0 Å². The van der Waals surface area contributed by atoms with Gasteiger partial charge in [-0.25, -0.2) is 4.39 Å². The highest BCUT2D eigenvalue weighted by atomic mass is 19.1. The molecule has 0 fully saturated rings. The van der Waals surface area contributed by atoms with E-state index in [1.54, 1.807) is 6.92 Å². The molecule has 0 spiro atoms. The molecule has 2 nitrogen and oxygen atoms in total. The Kier molecular flexibility index (Phi) is 5.54. The molecule has 0 rings (SSSR count). The molecule has 3 heteroatoms. The highest BCUT2D eigenvalue weighted by molar-refractivity contribution is 4.57. The van der Waals surface area contributed by atoms with Gasteiger partial charge >= 0.3 is 0 Å². The van der Waals surface area contributed by atoms with E-state index in [2.05, 4.69) is 0 Å². The van der Waals surface area contributed by atoms with Gasteiger partial charge in [0.25, 0.3) is 0 Å². The van der Waals surface area contributed by atoms with Crippen molar-refractivity contribution in [2.45, 2.75) is 20.0 Å². The van der Waals surface area contributed by atoms with E-state index in [9.17, 15) is 4.39 Å². The van der Waals surface area contributed by atoms with Crippen LogP contribution in [0.5, 0.6) is 0 Å². The molecule has 0 radical (unpaired) electrons. The molecule has 1 atom stereocenters. The lowest BCUT2D eigenvalue weighted by Crippen LogP contribution is -2.32. The summed E-state index contributed by atoms with van der Waals surface area (Å²) in [6.07, 6.45) is -0.355. The maximum Gasteiger partial charge on any atom is 0.102 e. The number of likely N-dealkylation sites (N-methyl/N-ethyl adjacent to an activating group) is 1. The normalized spacial score (nSPS) is 14.1. The third-order valence-electron chi connectivity index (χ3n) is 1.37. The zero-order valence-electron chi connectivity index (χ0n) is 6.68. The van der Waals surface area contributed by atoms with Gasteiger partial charge in [0.1, 0.15) is 6.67 Å². The summed E-state index contributed by atoms with van der Waals surface area (Å²) in [4.78, 5) is 1.88. The lowest BCUT2D eigenvalue weighted by molar-refractivity contribution is 0.125. The molecule has 0 aliphatic rings. The Morgan fingerprint density at radius 3 is 2.50 bits per heavy atom. The first-order valence-electron chi connectivity index (χ1n) is 3.67. The molecular formula is C7H16FNO. The number of nitrogens with zero attached hydrogens (tertiary/aromatic N) is 1. The summed E-state index contributed by atoms with van der Waals surface area (Å²) in [5.74, 6) is 0. The van der Waals surface area contributed by atoms with Crippen LogP contribution in [-0.4, -0.2) is 42.4 Å². The Morgan fingerprint density at radius 1 is 1.60 bits per heavy atom. The molecule has 62 valence electrons. The second-order valence-electron chi connectivity index (χ2n) is 2.43. The molecule has 10 heavy (non-hydrogen) atoms. The molecular weight excluding hydrogens is 133 g/mol. The van der Waals surface area contributed by atoms with E-state index >= 15 is 0 Å². The van der Waals surface area contributed by atoms with Gasteiger partial charge in [-0.15, -0.1) is 0 Å². The van der Waals surface area contributed by atoms with Crippen LogP contribution in [0.1, 0.15) is 13.8 Å². The summed E-state index contributed by atoms with van der Waals surface area (Å²) in [5, 5.41) is 8.92. The molecule has 0 aliphatic heterocycles. The van der Waals surface area contributed by atoms with Crippen molar-refractivity contribution in [3.05, 3.63) is 0 Å². The molecule has 0 saturated carbocycles. The summed E-state index contributed by atoms with van der Waals surface area (Å²) in [6.45, 7) is 5.14. The molecule has 0 aliphatic carbocycles. The molecule has 0 amide bonds. The quantitative estimate of drug-likeness (QED) is 0.620. The molecule has 1 unspecified atom stereocenters. The van der Waals surface area contributed by atoms with E-state index in [0.29, 0.717) is 13.1 Å². The molecule has 0 aromatic carbocycles. The second-order valence-corrected chi connectivity index (χ2v) is 2.43. The highest BCUT2D eigenvalue weighted by Crippen LogP contribution is 1.90. The third kappa shape index (κ3) is 4.70. The van der Waals surface area contributed by atoms with Crippen LogP contribution in [0.25, 0.3) is 0 Å². The first-order valence-corrected chi connectivity index (χ1v) is 3.67. The minimum absolute atomic E-state index is 0.333.